The van der Waals surface area contributed by atoms with Crippen LogP contribution in [0.4, 0.5) is 0 Å². The summed E-state index contributed by atoms with van der Waals surface area (Å²) < 4.78 is 11.0. The van der Waals surface area contributed by atoms with E-state index in [4.69, 9.17) is 9.47 Å². The van der Waals surface area contributed by atoms with Gasteiger partial charge in [0.1, 0.15) is 0 Å². The number of hydrogen-bond donors (Lipinski definition) is 1. The zero-order valence-electron chi connectivity index (χ0n) is 17.3. The zero-order valence-corrected chi connectivity index (χ0v) is 17.3. The van der Waals surface area contributed by atoms with Gasteiger partial charge in [-0.2, -0.15) is 5.10 Å². The van der Waals surface area contributed by atoms with Crippen molar-refractivity contribution in [2.24, 2.45) is 11.3 Å². The van der Waals surface area contributed by atoms with E-state index in [0.717, 1.165) is 57.7 Å². The van der Waals surface area contributed by atoms with Crippen molar-refractivity contribution in [3.63, 3.8) is 0 Å². The molecular weight excluding hydrogens is 372 g/mol. The highest BCUT2D eigenvalue weighted by molar-refractivity contribution is 5.82. The molecule has 1 aliphatic carbocycles. The zero-order chi connectivity index (χ0) is 20.3. The maximum atomic E-state index is 13.1. The molecule has 0 spiro atoms. The van der Waals surface area contributed by atoms with Gasteiger partial charge in [0.15, 0.2) is 0 Å². The molecule has 3 heterocycles. The van der Waals surface area contributed by atoms with Crippen LogP contribution in [0, 0.1) is 11.3 Å². The standard InChI is InChI=1S/C21H32N4O4/c1-2-29-20(27)21-6-3-18(24-9-11-28-12-10-24)13-16(21)5-8-25(15-21)19(26)14-17-4-7-22-23-17/h4,7,16,18H,2-3,5-6,8-15H2,1H3,(H,22,23)/t16-,18-,21-/m1/s1. The van der Waals surface area contributed by atoms with E-state index in [1.54, 1.807) is 6.20 Å². The summed E-state index contributed by atoms with van der Waals surface area (Å²) in [6.45, 7) is 6.93. The molecule has 3 aliphatic rings. The Morgan fingerprint density at radius 1 is 1.31 bits per heavy atom. The average molecular weight is 405 g/mol. The molecule has 160 valence electrons. The Balaban J connectivity index is 1.48. The van der Waals surface area contributed by atoms with E-state index in [9.17, 15) is 9.59 Å². The number of nitrogens with zero attached hydrogens (tertiary/aromatic N) is 3. The minimum atomic E-state index is -0.569. The molecule has 0 radical (unpaired) electrons. The highest BCUT2D eigenvalue weighted by Crippen LogP contribution is 2.48. The van der Waals surface area contributed by atoms with E-state index in [1.807, 2.05) is 17.9 Å². The Bertz CT molecular complexity index is 704. The van der Waals surface area contributed by atoms with Gasteiger partial charge in [0, 0.05) is 44.1 Å². The lowest BCUT2D eigenvalue weighted by atomic mass is 9.61. The summed E-state index contributed by atoms with van der Waals surface area (Å²) in [6.07, 6.45) is 5.56. The van der Waals surface area contributed by atoms with Crippen molar-refractivity contribution in [1.29, 1.82) is 0 Å². The first kappa shape index (κ1) is 20.3. The summed E-state index contributed by atoms with van der Waals surface area (Å²) in [6, 6.07) is 2.32. The van der Waals surface area contributed by atoms with E-state index >= 15 is 0 Å². The van der Waals surface area contributed by atoms with Crippen LogP contribution in [0.5, 0.6) is 0 Å². The summed E-state index contributed by atoms with van der Waals surface area (Å²) in [4.78, 5) is 30.4. The van der Waals surface area contributed by atoms with E-state index in [0.29, 0.717) is 32.2 Å². The first-order chi connectivity index (χ1) is 14.1. The molecule has 3 atom stereocenters. The van der Waals surface area contributed by atoms with Gasteiger partial charge in [-0.3, -0.25) is 19.6 Å². The maximum Gasteiger partial charge on any atom is 0.314 e. The van der Waals surface area contributed by atoms with Gasteiger partial charge in [-0.05, 0) is 44.6 Å². The van der Waals surface area contributed by atoms with Crippen LogP contribution in [-0.4, -0.2) is 83.9 Å². The molecule has 1 N–H and O–H groups in total. The average Bonchev–Trinajstić information content (AvgIpc) is 3.26. The van der Waals surface area contributed by atoms with Crippen molar-refractivity contribution in [3.05, 3.63) is 18.0 Å². The van der Waals surface area contributed by atoms with Crippen LogP contribution in [0.1, 0.15) is 38.3 Å². The fourth-order valence-corrected chi connectivity index (χ4v) is 5.39. The Hall–Kier alpha value is -1.93. The van der Waals surface area contributed by atoms with Crippen molar-refractivity contribution >= 4 is 11.9 Å². The van der Waals surface area contributed by atoms with Gasteiger partial charge in [0.25, 0.3) is 0 Å². The lowest BCUT2D eigenvalue weighted by Gasteiger charge is -2.52. The molecule has 1 aromatic rings. The summed E-state index contributed by atoms with van der Waals surface area (Å²) in [7, 11) is 0. The number of H-pyrrole nitrogens is 1. The third-order valence-corrected chi connectivity index (χ3v) is 6.98. The minimum absolute atomic E-state index is 0.0478. The predicted molar refractivity (Wildman–Crippen MR) is 106 cm³/mol. The molecule has 29 heavy (non-hydrogen) atoms. The van der Waals surface area contributed by atoms with Crippen LogP contribution in [0.15, 0.2) is 12.3 Å². The summed E-state index contributed by atoms with van der Waals surface area (Å²) in [5.41, 5.74) is 0.235. The molecule has 3 fully saturated rings. The fourth-order valence-electron chi connectivity index (χ4n) is 5.39. The molecule has 0 aromatic carbocycles. The second-order valence-electron chi connectivity index (χ2n) is 8.51. The number of aromatic amines is 1. The number of morpholine rings is 1. The molecule has 2 aliphatic heterocycles. The molecule has 1 aromatic heterocycles. The van der Waals surface area contributed by atoms with Gasteiger partial charge < -0.3 is 14.4 Å². The van der Waals surface area contributed by atoms with Gasteiger partial charge in [-0.1, -0.05) is 0 Å². The molecule has 1 amide bonds. The quantitative estimate of drug-likeness (QED) is 0.743. The van der Waals surface area contributed by atoms with E-state index in [-0.39, 0.29) is 17.8 Å². The number of likely N-dealkylation sites (tertiary alicyclic amines) is 1. The van der Waals surface area contributed by atoms with Crippen LogP contribution < -0.4 is 0 Å². The van der Waals surface area contributed by atoms with Crippen LogP contribution >= 0.6 is 0 Å². The smallest absolute Gasteiger partial charge is 0.314 e. The first-order valence-corrected chi connectivity index (χ1v) is 10.9. The number of ether oxygens (including phenoxy) is 2. The molecule has 4 rings (SSSR count). The van der Waals surface area contributed by atoms with Crippen molar-refractivity contribution in [2.45, 2.75) is 45.1 Å². The molecule has 1 saturated carbocycles. The Morgan fingerprint density at radius 3 is 2.86 bits per heavy atom. The number of carbonyl (C=O) groups excluding carboxylic acids is 2. The summed E-state index contributed by atoms with van der Waals surface area (Å²) in [5, 5.41) is 6.77. The fraction of sp³-hybridized carbons (Fsp3) is 0.762. The van der Waals surface area contributed by atoms with Gasteiger partial charge in [0.05, 0.1) is 31.7 Å². The number of fused-ring (bicyclic) bond motifs is 1. The number of amides is 1. The molecule has 0 bridgehead atoms. The van der Waals surface area contributed by atoms with Gasteiger partial charge in [0.2, 0.25) is 5.91 Å². The number of nitrogens with one attached hydrogen (secondary N) is 1. The number of esters is 1. The molecule has 0 unspecified atom stereocenters. The lowest BCUT2D eigenvalue weighted by molar-refractivity contribution is -0.171. The van der Waals surface area contributed by atoms with E-state index in [1.165, 1.54) is 0 Å². The Labute approximate surface area is 171 Å². The Morgan fingerprint density at radius 2 is 2.14 bits per heavy atom. The highest BCUT2D eigenvalue weighted by Gasteiger charge is 2.54. The van der Waals surface area contributed by atoms with Crippen LogP contribution in [0.3, 0.4) is 0 Å². The predicted octanol–water partition coefficient (Wildman–Crippen LogP) is 1.23. The van der Waals surface area contributed by atoms with Gasteiger partial charge in [-0.25, -0.2) is 0 Å². The van der Waals surface area contributed by atoms with Crippen molar-refractivity contribution in [3.8, 4) is 0 Å². The van der Waals surface area contributed by atoms with Crippen molar-refractivity contribution in [2.75, 3.05) is 46.0 Å². The lowest BCUT2D eigenvalue weighted by Crippen LogP contribution is -2.59. The SMILES string of the molecule is CCOC(=O)[C@@]12CC[C@@H](N3CCOCC3)C[C@H]1CCN(C(=O)Cc1ccn[nH]1)C2. The van der Waals surface area contributed by atoms with Crippen LogP contribution in [0.25, 0.3) is 0 Å². The molecule has 2 saturated heterocycles. The van der Waals surface area contributed by atoms with Crippen LogP contribution in [0.2, 0.25) is 0 Å². The number of aromatic nitrogens is 2. The van der Waals surface area contributed by atoms with E-state index in [2.05, 4.69) is 15.1 Å². The van der Waals surface area contributed by atoms with E-state index < -0.39 is 5.41 Å². The largest absolute Gasteiger partial charge is 0.466 e. The summed E-state index contributed by atoms with van der Waals surface area (Å²) in [5.74, 6) is 0.190. The third-order valence-electron chi connectivity index (χ3n) is 6.98. The number of hydrogen-bond acceptors (Lipinski definition) is 6. The second kappa shape index (κ2) is 8.83. The van der Waals surface area contributed by atoms with Gasteiger partial charge in [-0.15, -0.1) is 0 Å². The monoisotopic (exact) mass is 404 g/mol. The van der Waals surface area contributed by atoms with Gasteiger partial charge >= 0.3 is 5.97 Å². The summed E-state index contributed by atoms with van der Waals surface area (Å²) >= 11 is 0. The molecule has 8 heteroatoms. The normalized spacial score (nSPS) is 30.6. The third kappa shape index (κ3) is 4.19. The first-order valence-electron chi connectivity index (χ1n) is 10.9. The number of carbonyl (C=O) groups is 2. The maximum absolute atomic E-state index is 13.1. The van der Waals surface area contributed by atoms with Crippen molar-refractivity contribution < 1.29 is 19.1 Å². The van der Waals surface area contributed by atoms with Crippen molar-refractivity contribution in [1.82, 2.24) is 20.0 Å². The topological polar surface area (TPSA) is 87.8 Å². The van der Waals surface area contributed by atoms with Crippen LogP contribution in [-0.2, 0) is 25.5 Å². The minimum Gasteiger partial charge on any atom is -0.466 e. The highest BCUT2D eigenvalue weighted by atomic mass is 16.5. The second-order valence-corrected chi connectivity index (χ2v) is 8.51. The Kier molecular flexibility index (Phi) is 6.20. The molecular formula is C21H32N4O4. The number of piperidine rings is 1. The molecule has 8 nitrogen and oxygen atoms in total. The number of rotatable bonds is 5.